The molecule has 2 heterocycles. The number of sulfonamides is 1. The second-order valence-electron chi connectivity index (χ2n) is 5.67. The third kappa shape index (κ3) is 3.20. The molecule has 2 rings (SSSR count). The van der Waals surface area contributed by atoms with Gasteiger partial charge in [0.2, 0.25) is 10.0 Å². The summed E-state index contributed by atoms with van der Waals surface area (Å²) < 4.78 is 26.3. The number of nitrogens with zero attached hydrogens (tertiary/aromatic N) is 1. The molecule has 0 aromatic heterocycles. The van der Waals surface area contributed by atoms with Gasteiger partial charge in [0, 0.05) is 19.1 Å². The van der Waals surface area contributed by atoms with Crippen LogP contribution in [-0.4, -0.2) is 44.2 Å². The summed E-state index contributed by atoms with van der Waals surface area (Å²) in [5, 5.41) is 3.27. The summed E-state index contributed by atoms with van der Waals surface area (Å²) in [7, 11) is -3.05. The zero-order valence-corrected chi connectivity index (χ0v) is 11.7. The van der Waals surface area contributed by atoms with Crippen molar-refractivity contribution in [3.05, 3.63) is 0 Å². The lowest BCUT2D eigenvalue weighted by Gasteiger charge is -2.34. The van der Waals surface area contributed by atoms with Crippen LogP contribution in [0.2, 0.25) is 0 Å². The van der Waals surface area contributed by atoms with Crippen LogP contribution in [0.3, 0.4) is 0 Å². The quantitative estimate of drug-likeness (QED) is 0.825. The van der Waals surface area contributed by atoms with Crippen LogP contribution >= 0.6 is 0 Å². The van der Waals surface area contributed by atoms with Gasteiger partial charge in [-0.2, -0.15) is 0 Å². The first-order chi connectivity index (χ1) is 7.99. The molecule has 0 aromatic carbocycles. The molecule has 0 aromatic rings. The second-order valence-corrected chi connectivity index (χ2v) is 7.69. The van der Waals surface area contributed by atoms with E-state index in [1.54, 1.807) is 4.31 Å². The zero-order chi connectivity index (χ0) is 12.5. The van der Waals surface area contributed by atoms with Gasteiger partial charge in [-0.1, -0.05) is 13.8 Å². The maximum atomic E-state index is 12.3. The average molecular weight is 260 g/mol. The molecule has 0 spiro atoms. The fourth-order valence-electron chi connectivity index (χ4n) is 2.74. The highest BCUT2D eigenvalue weighted by molar-refractivity contribution is 7.89. The van der Waals surface area contributed by atoms with Crippen LogP contribution in [0.15, 0.2) is 0 Å². The van der Waals surface area contributed by atoms with E-state index in [0.717, 1.165) is 25.8 Å². The molecule has 0 amide bonds. The number of piperidine rings is 1. The molecule has 0 radical (unpaired) electrons. The van der Waals surface area contributed by atoms with E-state index in [2.05, 4.69) is 19.2 Å². The Morgan fingerprint density at radius 1 is 1.24 bits per heavy atom. The molecule has 3 atom stereocenters. The number of nitrogens with one attached hydrogen (secondary N) is 1. The predicted octanol–water partition coefficient (Wildman–Crippen LogP) is 1.05. The van der Waals surface area contributed by atoms with Crippen molar-refractivity contribution in [1.29, 1.82) is 0 Å². The third-order valence-electron chi connectivity index (χ3n) is 4.26. The van der Waals surface area contributed by atoms with Gasteiger partial charge < -0.3 is 5.32 Å². The highest BCUT2D eigenvalue weighted by Gasteiger charge is 2.32. The van der Waals surface area contributed by atoms with Gasteiger partial charge in [0.15, 0.2) is 0 Å². The van der Waals surface area contributed by atoms with Gasteiger partial charge in [-0.25, -0.2) is 12.7 Å². The lowest BCUT2D eigenvalue weighted by Crippen LogP contribution is -2.46. The molecular formula is C12H24N2O2S. The fourth-order valence-corrected chi connectivity index (χ4v) is 4.59. The van der Waals surface area contributed by atoms with Crippen molar-refractivity contribution in [3.63, 3.8) is 0 Å². The Kier molecular flexibility index (Phi) is 4.10. The molecule has 4 nitrogen and oxygen atoms in total. The maximum Gasteiger partial charge on any atom is 0.215 e. The van der Waals surface area contributed by atoms with Gasteiger partial charge in [-0.3, -0.25) is 0 Å². The smallest absolute Gasteiger partial charge is 0.215 e. The Bertz CT molecular complexity index is 350. The van der Waals surface area contributed by atoms with Crippen LogP contribution in [0, 0.1) is 11.8 Å². The molecule has 3 unspecified atom stereocenters. The second kappa shape index (κ2) is 5.24. The van der Waals surface area contributed by atoms with Gasteiger partial charge in [0.25, 0.3) is 0 Å². The first kappa shape index (κ1) is 13.3. The van der Waals surface area contributed by atoms with E-state index in [1.807, 2.05) is 0 Å². The van der Waals surface area contributed by atoms with E-state index in [0.29, 0.717) is 24.9 Å². The summed E-state index contributed by atoms with van der Waals surface area (Å²) in [5.41, 5.74) is 0. The van der Waals surface area contributed by atoms with Crippen molar-refractivity contribution in [2.24, 2.45) is 11.8 Å². The van der Waals surface area contributed by atoms with Crippen LogP contribution in [0.4, 0.5) is 0 Å². The third-order valence-corrected chi connectivity index (χ3v) is 6.21. The summed E-state index contributed by atoms with van der Waals surface area (Å²) in [6.07, 6.45) is 3.10. The van der Waals surface area contributed by atoms with Gasteiger partial charge in [0.1, 0.15) is 0 Å². The SMILES string of the molecule is CC1CCN(S(=O)(=O)CC2CCCN2)CC1C. The Morgan fingerprint density at radius 2 is 2.00 bits per heavy atom. The molecule has 2 saturated heterocycles. The molecule has 2 fully saturated rings. The van der Waals surface area contributed by atoms with Gasteiger partial charge in [0.05, 0.1) is 5.75 Å². The Labute approximate surface area is 105 Å². The Hall–Kier alpha value is -0.130. The average Bonchev–Trinajstić information content (AvgIpc) is 2.73. The monoisotopic (exact) mass is 260 g/mol. The normalized spacial score (nSPS) is 36.2. The molecule has 0 saturated carbocycles. The number of hydrogen-bond donors (Lipinski definition) is 1. The molecule has 5 heteroatoms. The standard InChI is InChI=1S/C12H24N2O2S/c1-10-5-7-14(8-11(10)2)17(15,16)9-12-4-3-6-13-12/h10-13H,3-9H2,1-2H3. The lowest BCUT2D eigenvalue weighted by molar-refractivity contribution is 0.212. The first-order valence-corrected chi connectivity index (χ1v) is 8.31. The summed E-state index contributed by atoms with van der Waals surface area (Å²) in [6.45, 7) is 6.75. The Morgan fingerprint density at radius 3 is 2.59 bits per heavy atom. The largest absolute Gasteiger partial charge is 0.313 e. The lowest BCUT2D eigenvalue weighted by atomic mass is 9.90. The topological polar surface area (TPSA) is 49.4 Å². The van der Waals surface area contributed by atoms with Crippen molar-refractivity contribution in [2.75, 3.05) is 25.4 Å². The van der Waals surface area contributed by atoms with E-state index in [1.165, 1.54) is 0 Å². The molecule has 0 aliphatic carbocycles. The maximum absolute atomic E-state index is 12.3. The highest BCUT2D eigenvalue weighted by atomic mass is 32.2. The number of hydrogen-bond acceptors (Lipinski definition) is 3. The number of rotatable bonds is 3. The molecular weight excluding hydrogens is 236 g/mol. The zero-order valence-electron chi connectivity index (χ0n) is 10.9. The molecule has 17 heavy (non-hydrogen) atoms. The minimum atomic E-state index is -3.05. The predicted molar refractivity (Wildman–Crippen MR) is 69.3 cm³/mol. The van der Waals surface area contributed by atoms with E-state index in [9.17, 15) is 8.42 Å². The van der Waals surface area contributed by atoms with E-state index in [-0.39, 0.29) is 11.8 Å². The Balaban J connectivity index is 1.95. The van der Waals surface area contributed by atoms with Crippen LogP contribution in [-0.2, 0) is 10.0 Å². The van der Waals surface area contributed by atoms with Crippen molar-refractivity contribution < 1.29 is 8.42 Å². The van der Waals surface area contributed by atoms with E-state index in [4.69, 9.17) is 0 Å². The van der Waals surface area contributed by atoms with Crippen molar-refractivity contribution >= 4 is 10.0 Å². The van der Waals surface area contributed by atoms with Gasteiger partial charge >= 0.3 is 0 Å². The molecule has 2 aliphatic rings. The summed E-state index contributed by atoms with van der Waals surface area (Å²) in [6, 6.07) is 0.176. The molecule has 2 aliphatic heterocycles. The summed E-state index contributed by atoms with van der Waals surface area (Å²) >= 11 is 0. The van der Waals surface area contributed by atoms with Crippen LogP contribution in [0.1, 0.15) is 33.1 Å². The molecule has 100 valence electrons. The van der Waals surface area contributed by atoms with E-state index < -0.39 is 10.0 Å². The van der Waals surface area contributed by atoms with Crippen molar-refractivity contribution in [3.8, 4) is 0 Å². The summed E-state index contributed by atoms with van der Waals surface area (Å²) in [5.74, 6) is 1.41. The van der Waals surface area contributed by atoms with Crippen LogP contribution in [0.5, 0.6) is 0 Å². The first-order valence-electron chi connectivity index (χ1n) is 6.70. The summed E-state index contributed by atoms with van der Waals surface area (Å²) in [4.78, 5) is 0. The van der Waals surface area contributed by atoms with Crippen LogP contribution in [0.25, 0.3) is 0 Å². The van der Waals surface area contributed by atoms with Crippen molar-refractivity contribution in [2.45, 2.75) is 39.2 Å². The van der Waals surface area contributed by atoms with Crippen molar-refractivity contribution in [1.82, 2.24) is 9.62 Å². The fraction of sp³-hybridized carbons (Fsp3) is 1.00. The minimum Gasteiger partial charge on any atom is -0.313 e. The molecule has 0 bridgehead atoms. The highest BCUT2D eigenvalue weighted by Crippen LogP contribution is 2.25. The minimum absolute atomic E-state index is 0.176. The van der Waals surface area contributed by atoms with E-state index >= 15 is 0 Å². The van der Waals surface area contributed by atoms with Gasteiger partial charge in [-0.15, -0.1) is 0 Å². The van der Waals surface area contributed by atoms with Crippen LogP contribution < -0.4 is 5.32 Å². The molecule has 1 N–H and O–H groups in total. The van der Waals surface area contributed by atoms with Gasteiger partial charge in [-0.05, 0) is 37.6 Å².